The molecule has 0 saturated heterocycles. The van der Waals surface area contributed by atoms with E-state index in [1.165, 1.54) is 0 Å². The lowest BCUT2D eigenvalue weighted by atomic mass is 10.0. The highest BCUT2D eigenvalue weighted by molar-refractivity contribution is 9.10. The molecule has 0 aliphatic heterocycles. The van der Waals surface area contributed by atoms with E-state index in [9.17, 15) is 4.79 Å². The molecule has 0 bridgehead atoms. The number of carbonyl (C=O) groups is 1. The van der Waals surface area contributed by atoms with Gasteiger partial charge >= 0.3 is 6.09 Å². The molecular formula is C11H11BrClNO2. The lowest BCUT2D eigenvalue weighted by molar-refractivity contribution is 0.188. The second kappa shape index (κ2) is 4.26. The Balaban J connectivity index is 2.12. The lowest BCUT2D eigenvalue weighted by Gasteiger charge is -2.16. The molecule has 1 fully saturated rings. The number of rotatable bonds is 3. The van der Waals surface area contributed by atoms with E-state index >= 15 is 0 Å². The van der Waals surface area contributed by atoms with Gasteiger partial charge in [-0.05, 0) is 37.0 Å². The fourth-order valence-electron chi connectivity index (χ4n) is 1.75. The van der Waals surface area contributed by atoms with Crippen LogP contribution in [0, 0.1) is 0 Å². The molecule has 0 unspecified atom stereocenters. The van der Waals surface area contributed by atoms with Gasteiger partial charge in [-0.15, -0.1) is 0 Å². The molecule has 0 aromatic heterocycles. The SMILES string of the molecule is O=C(O)NC1(Cc2ccc(Cl)cc2Br)CC1. The molecule has 2 rings (SSSR count). The topological polar surface area (TPSA) is 49.3 Å². The van der Waals surface area contributed by atoms with Crippen LogP contribution in [0.15, 0.2) is 22.7 Å². The van der Waals surface area contributed by atoms with Crippen molar-refractivity contribution in [1.82, 2.24) is 5.32 Å². The highest BCUT2D eigenvalue weighted by Gasteiger charge is 2.44. The Morgan fingerprint density at radius 3 is 2.75 bits per heavy atom. The van der Waals surface area contributed by atoms with Gasteiger partial charge in [0.05, 0.1) is 0 Å². The molecule has 1 aromatic rings. The number of halogens is 2. The highest BCUT2D eigenvalue weighted by Crippen LogP contribution is 2.40. The van der Waals surface area contributed by atoms with Gasteiger partial charge in [-0.2, -0.15) is 0 Å². The van der Waals surface area contributed by atoms with Gasteiger partial charge < -0.3 is 10.4 Å². The molecule has 0 atom stereocenters. The van der Waals surface area contributed by atoms with Gasteiger partial charge in [0.15, 0.2) is 0 Å². The zero-order valence-corrected chi connectivity index (χ0v) is 10.8. The van der Waals surface area contributed by atoms with Crippen molar-refractivity contribution in [3.05, 3.63) is 33.3 Å². The maximum atomic E-state index is 10.6. The van der Waals surface area contributed by atoms with Gasteiger partial charge in [0.1, 0.15) is 0 Å². The van der Waals surface area contributed by atoms with E-state index in [1.54, 1.807) is 0 Å². The van der Waals surface area contributed by atoms with Crippen LogP contribution in [0.3, 0.4) is 0 Å². The first-order valence-corrected chi connectivity index (χ1v) is 6.13. The van der Waals surface area contributed by atoms with Crippen LogP contribution in [0.5, 0.6) is 0 Å². The third-order valence-electron chi connectivity index (χ3n) is 2.77. The lowest BCUT2D eigenvalue weighted by Crippen LogP contribution is -2.37. The summed E-state index contributed by atoms with van der Waals surface area (Å²) in [6.45, 7) is 0. The number of hydrogen-bond donors (Lipinski definition) is 2. The summed E-state index contributed by atoms with van der Waals surface area (Å²) in [6.07, 6.45) is 1.54. The van der Waals surface area contributed by atoms with E-state index in [0.29, 0.717) is 11.4 Å². The number of nitrogens with one attached hydrogen (secondary N) is 1. The molecule has 16 heavy (non-hydrogen) atoms. The number of carboxylic acid groups (broad SMARTS) is 1. The molecule has 86 valence electrons. The van der Waals surface area contributed by atoms with Crippen LogP contribution in [0.25, 0.3) is 0 Å². The minimum absolute atomic E-state index is 0.262. The fraction of sp³-hybridized carbons (Fsp3) is 0.364. The third-order valence-corrected chi connectivity index (χ3v) is 3.74. The Morgan fingerprint density at radius 2 is 2.25 bits per heavy atom. The summed E-state index contributed by atoms with van der Waals surface area (Å²) in [6, 6.07) is 5.57. The standard InChI is InChI=1S/C11H11BrClNO2/c12-9-5-8(13)2-1-7(9)6-11(3-4-11)14-10(15)16/h1-2,5,14H,3-4,6H2,(H,15,16). The molecular weight excluding hydrogens is 293 g/mol. The van der Waals surface area contributed by atoms with E-state index in [-0.39, 0.29) is 5.54 Å². The Bertz CT molecular complexity index is 432. The average Bonchev–Trinajstić information content (AvgIpc) is 2.89. The van der Waals surface area contributed by atoms with E-state index < -0.39 is 6.09 Å². The smallest absolute Gasteiger partial charge is 0.405 e. The number of hydrogen-bond acceptors (Lipinski definition) is 1. The van der Waals surface area contributed by atoms with Gasteiger partial charge in [-0.3, -0.25) is 0 Å². The van der Waals surface area contributed by atoms with Crippen LogP contribution in [0.1, 0.15) is 18.4 Å². The normalized spacial score (nSPS) is 16.9. The first-order valence-electron chi connectivity index (χ1n) is 4.96. The minimum Gasteiger partial charge on any atom is -0.465 e. The van der Waals surface area contributed by atoms with Crippen molar-refractivity contribution in [3.63, 3.8) is 0 Å². The predicted molar refractivity (Wildman–Crippen MR) is 66.0 cm³/mol. The molecule has 1 aliphatic carbocycles. The van der Waals surface area contributed by atoms with Crippen molar-refractivity contribution >= 4 is 33.6 Å². The van der Waals surface area contributed by atoms with Crippen molar-refractivity contribution in [1.29, 1.82) is 0 Å². The molecule has 2 N–H and O–H groups in total. The van der Waals surface area contributed by atoms with Crippen molar-refractivity contribution in [3.8, 4) is 0 Å². The molecule has 0 spiro atoms. The summed E-state index contributed by atoms with van der Waals surface area (Å²) in [5, 5.41) is 12.0. The zero-order chi connectivity index (χ0) is 11.8. The summed E-state index contributed by atoms with van der Waals surface area (Å²) in [4.78, 5) is 10.6. The van der Waals surface area contributed by atoms with Gasteiger partial charge in [0, 0.05) is 15.0 Å². The van der Waals surface area contributed by atoms with Crippen LogP contribution >= 0.6 is 27.5 Å². The van der Waals surface area contributed by atoms with Gasteiger partial charge in [0.25, 0.3) is 0 Å². The third kappa shape index (κ3) is 2.68. The van der Waals surface area contributed by atoms with Gasteiger partial charge in [-0.1, -0.05) is 33.6 Å². The predicted octanol–water partition coefficient (Wildman–Crippen LogP) is 3.45. The van der Waals surface area contributed by atoms with Crippen LogP contribution < -0.4 is 5.32 Å². The molecule has 3 nitrogen and oxygen atoms in total. The van der Waals surface area contributed by atoms with Crippen molar-refractivity contribution < 1.29 is 9.90 Å². The van der Waals surface area contributed by atoms with E-state index in [0.717, 1.165) is 22.9 Å². The first kappa shape index (κ1) is 11.7. The van der Waals surface area contributed by atoms with Crippen molar-refractivity contribution in [2.24, 2.45) is 0 Å². The Hall–Kier alpha value is -0.740. The molecule has 1 aromatic carbocycles. The van der Waals surface area contributed by atoms with Crippen LogP contribution in [-0.4, -0.2) is 16.7 Å². The van der Waals surface area contributed by atoms with Gasteiger partial charge in [0.2, 0.25) is 0 Å². The highest BCUT2D eigenvalue weighted by atomic mass is 79.9. The molecule has 1 aliphatic rings. The van der Waals surface area contributed by atoms with Crippen molar-refractivity contribution in [2.45, 2.75) is 24.8 Å². The monoisotopic (exact) mass is 303 g/mol. The average molecular weight is 305 g/mol. The molecule has 5 heteroatoms. The minimum atomic E-state index is -0.956. The second-order valence-corrected chi connectivity index (χ2v) is 5.41. The summed E-state index contributed by atoms with van der Waals surface area (Å²) in [5.74, 6) is 0. The summed E-state index contributed by atoms with van der Waals surface area (Å²) >= 11 is 9.28. The fourth-order valence-corrected chi connectivity index (χ4v) is 2.58. The first-order chi connectivity index (χ1) is 7.51. The molecule has 1 saturated carbocycles. The Kier molecular flexibility index (Phi) is 3.13. The second-order valence-electron chi connectivity index (χ2n) is 4.12. The van der Waals surface area contributed by atoms with Crippen LogP contribution in [0.4, 0.5) is 4.79 Å². The van der Waals surface area contributed by atoms with Crippen molar-refractivity contribution in [2.75, 3.05) is 0 Å². The summed E-state index contributed by atoms with van der Waals surface area (Å²) in [7, 11) is 0. The van der Waals surface area contributed by atoms with Crippen LogP contribution in [0.2, 0.25) is 5.02 Å². The largest absolute Gasteiger partial charge is 0.465 e. The summed E-state index contributed by atoms with van der Waals surface area (Å²) < 4.78 is 0.929. The van der Waals surface area contributed by atoms with Crippen LogP contribution in [-0.2, 0) is 6.42 Å². The molecule has 1 amide bonds. The maximum Gasteiger partial charge on any atom is 0.405 e. The Morgan fingerprint density at radius 1 is 1.56 bits per heavy atom. The quantitative estimate of drug-likeness (QED) is 0.898. The van der Waals surface area contributed by atoms with E-state index in [4.69, 9.17) is 16.7 Å². The number of benzene rings is 1. The molecule has 0 heterocycles. The molecule has 0 radical (unpaired) electrons. The number of amides is 1. The van der Waals surface area contributed by atoms with E-state index in [2.05, 4.69) is 21.2 Å². The van der Waals surface area contributed by atoms with Gasteiger partial charge in [-0.25, -0.2) is 4.79 Å². The zero-order valence-electron chi connectivity index (χ0n) is 8.46. The van der Waals surface area contributed by atoms with E-state index in [1.807, 2.05) is 18.2 Å². The maximum absolute atomic E-state index is 10.6. The Labute approximate surface area is 107 Å². The summed E-state index contributed by atoms with van der Waals surface area (Å²) in [5.41, 5.74) is 0.818.